The van der Waals surface area contributed by atoms with Gasteiger partial charge in [0.05, 0.1) is 13.2 Å². The minimum atomic E-state index is 0.209. The molecule has 0 bridgehead atoms. The van der Waals surface area contributed by atoms with Gasteiger partial charge in [0.1, 0.15) is 18.1 Å². The molecule has 1 aliphatic rings. The number of rotatable bonds is 4. The van der Waals surface area contributed by atoms with Gasteiger partial charge in [0, 0.05) is 17.0 Å². The van der Waals surface area contributed by atoms with E-state index >= 15 is 0 Å². The standard InChI is InChI=1S/C21H21NO2/c1-14(22-19-13-24-21-10-6-5-9-18(19)21)15-11-12-20(23-2)17-8-4-3-7-16(15)17/h3-12,14,19,22H,13H2,1-2H3. The first-order valence-corrected chi connectivity index (χ1v) is 8.31. The average Bonchev–Trinajstić information content (AvgIpc) is 3.03. The summed E-state index contributed by atoms with van der Waals surface area (Å²) in [5.41, 5.74) is 2.51. The summed E-state index contributed by atoms with van der Waals surface area (Å²) in [4.78, 5) is 0. The molecular weight excluding hydrogens is 298 g/mol. The molecule has 0 saturated carbocycles. The van der Waals surface area contributed by atoms with Gasteiger partial charge in [0.2, 0.25) is 0 Å². The van der Waals surface area contributed by atoms with Crippen molar-refractivity contribution in [1.29, 1.82) is 0 Å². The van der Waals surface area contributed by atoms with Crippen molar-refractivity contribution in [2.75, 3.05) is 13.7 Å². The highest BCUT2D eigenvalue weighted by Gasteiger charge is 2.25. The highest BCUT2D eigenvalue weighted by atomic mass is 16.5. The molecule has 0 radical (unpaired) electrons. The zero-order valence-corrected chi connectivity index (χ0v) is 14.0. The summed E-state index contributed by atoms with van der Waals surface area (Å²) in [6.45, 7) is 2.88. The van der Waals surface area contributed by atoms with Gasteiger partial charge in [-0.2, -0.15) is 0 Å². The Balaban J connectivity index is 1.66. The van der Waals surface area contributed by atoms with Crippen LogP contribution in [0, 0.1) is 0 Å². The van der Waals surface area contributed by atoms with E-state index in [1.807, 2.05) is 18.2 Å². The van der Waals surface area contributed by atoms with E-state index in [2.05, 4.69) is 54.7 Å². The second-order valence-corrected chi connectivity index (χ2v) is 6.19. The van der Waals surface area contributed by atoms with Crippen LogP contribution in [-0.4, -0.2) is 13.7 Å². The van der Waals surface area contributed by atoms with E-state index in [0.717, 1.165) is 16.9 Å². The topological polar surface area (TPSA) is 30.5 Å². The van der Waals surface area contributed by atoms with E-state index in [4.69, 9.17) is 9.47 Å². The lowest BCUT2D eigenvalue weighted by molar-refractivity contribution is 0.301. The molecular formula is C21H21NO2. The fourth-order valence-corrected chi connectivity index (χ4v) is 3.54. The van der Waals surface area contributed by atoms with E-state index < -0.39 is 0 Å². The first-order valence-electron chi connectivity index (χ1n) is 8.31. The van der Waals surface area contributed by atoms with Crippen LogP contribution in [0.4, 0.5) is 0 Å². The predicted octanol–water partition coefficient (Wildman–Crippen LogP) is 4.63. The van der Waals surface area contributed by atoms with Crippen LogP contribution in [0.5, 0.6) is 11.5 Å². The van der Waals surface area contributed by atoms with Crippen molar-refractivity contribution in [3.8, 4) is 11.5 Å². The molecule has 0 amide bonds. The Hall–Kier alpha value is -2.52. The van der Waals surface area contributed by atoms with Gasteiger partial charge in [-0.25, -0.2) is 0 Å². The van der Waals surface area contributed by atoms with Crippen molar-refractivity contribution in [3.05, 3.63) is 71.8 Å². The molecule has 3 heteroatoms. The van der Waals surface area contributed by atoms with Crippen LogP contribution in [0.3, 0.4) is 0 Å². The van der Waals surface area contributed by atoms with Crippen molar-refractivity contribution in [2.24, 2.45) is 0 Å². The van der Waals surface area contributed by atoms with Crippen LogP contribution in [-0.2, 0) is 0 Å². The van der Waals surface area contributed by atoms with E-state index in [1.54, 1.807) is 7.11 Å². The van der Waals surface area contributed by atoms with Crippen molar-refractivity contribution in [2.45, 2.75) is 19.0 Å². The SMILES string of the molecule is COc1ccc(C(C)NC2COc3ccccc32)c2ccccc12. The van der Waals surface area contributed by atoms with Crippen molar-refractivity contribution < 1.29 is 9.47 Å². The molecule has 3 aromatic rings. The third-order valence-electron chi connectivity index (χ3n) is 4.76. The maximum absolute atomic E-state index is 5.79. The van der Waals surface area contributed by atoms with Crippen molar-refractivity contribution >= 4 is 10.8 Å². The molecule has 1 aliphatic heterocycles. The van der Waals surface area contributed by atoms with Crippen LogP contribution >= 0.6 is 0 Å². The molecule has 2 atom stereocenters. The fourth-order valence-electron chi connectivity index (χ4n) is 3.54. The summed E-state index contributed by atoms with van der Waals surface area (Å²) in [5, 5.41) is 6.09. The van der Waals surface area contributed by atoms with Gasteiger partial charge in [-0.1, -0.05) is 48.5 Å². The molecule has 0 saturated heterocycles. The Morgan fingerprint density at radius 1 is 1.00 bits per heavy atom. The quantitative estimate of drug-likeness (QED) is 0.760. The number of nitrogens with one attached hydrogen (secondary N) is 1. The average molecular weight is 319 g/mol. The third kappa shape index (κ3) is 2.51. The van der Waals surface area contributed by atoms with E-state index in [-0.39, 0.29) is 12.1 Å². The summed E-state index contributed by atoms with van der Waals surface area (Å²) < 4.78 is 11.3. The summed E-state index contributed by atoms with van der Waals surface area (Å²) in [6, 6.07) is 21.3. The van der Waals surface area contributed by atoms with Crippen molar-refractivity contribution in [1.82, 2.24) is 5.32 Å². The Labute approximate surface area is 142 Å². The Kier molecular flexibility index (Phi) is 3.87. The molecule has 1 heterocycles. The van der Waals surface area contributed by atoms with Gasteiger partial charge < -0.3 is 14.8 Å². The van der Waals surface area contributed by atoms with Crippen LogP contribution in [0.2, 0.25) is 0 Å². The zero-order chi connectivity index (χ0) is 16.5. The van der Waals surface area contributed by atoms with E-state index in [9.17, 15) is 0 Å². The normalized spacial score (nSPS) is 17.3. The van der Waals surface area contributed by atoms with Crippen LogP contribution in [0.1, 0.15) is 30.1 Å². The lowest BCUT2D eigenvalue weighted by atomic mass is 9.97. The first-order chi connectivity index (χ1) is 11.8. The summed E-state index contributed by atoms with van der Waals surface area (Å²) in [7, 11) is 1.72. The molecule has 0 aromatic heterocycles. The minimum absolute atomic E-state index is 0.209. The van der Waals surface area contributed by atoms with E-state index in [1.165, 1.54) is 16.5 Å². The van der Waals surface area contributed by atoms with Gasteiger partial charge in [-0.15, -0.1) is 0 Å². The Morgan fingerprint density at radius 3 is 2.58 bits per heavy atom. The number of methoxy groups -OCH3 is 1. The maximum atomic E-state index is 5.79. The number of benzene rings is 3. The molecule has 1 N–H and O–H groups in total. The monoisotopic (exact) mass is 319 g/mol. The molecule has 0 spiro atoms. The van der Waals surface area contributed by atoms with Gasteiger partial charge >= 0.3 is 0 Å². The Morgan fingerprint density at radius 2 is 1.75 bits per heavy atom. The molecule has 0 fully saturated rings. The smallest absolute Gasteiger partial charge is 0.126 e. The first kappa shape index (κ1) is 15.0. The van der Waals surface area contributed by atoms with Gasteiger partial charge in [-0.3, -0.25) is 0 Å². The molecule has 3 aromatic carbocycles. The Bertz CT molecular complexity index is 875. The largest absolute Gasteiger partial charge is 0.496 e. The summed E-state index contributed by atoms with van der Waals surface area (Å²) >= 11 is 0. The number of ether oxygens (including phenoxy) is 2. The molecule has 0 aliphatic carbocycles. The number of para-hydroxylation sites is 1. The highest BCUT2D eigenvalue weighted by Crippen LogP contribution is 2.36. The second kappa shape index (κ2) is 6.17. The second-order valence-electron chi connectivity index (χ2n) is 6.19. The van der Waals surface area contributed by atoms with Gasteiger partial charge in [0.15, 0.2) is 0 Å². The van der Waals surface area contributed by atoms with Crippen LogP contribution in [0.15, 0.2) is 60.7 Å². The fraction of sp³-hybridized carbons (Fsp3) is 0.238. The van der Waals surface area contributed by atoms with Crippen LogP contribution in [0.25, 0.3) is 10.8 Å². The predicted molar refractivity (Wildman–Crippen MR) is 96.7 cm³/mol. The highest BCUT2D eigenvalue weighted by molar-refractivity contribution is 5.91. The minimum Gasteiger partial charge on any atom is -0.496 e. The van der Waals surface area contributed by atoms with Gasteiger partial charge in [-0.05, 0) is 30.0 Å². The van der Waals surface area contributed by atoms with Crippen LogP contribution < -0.4 is 14.8 Å². The molecule has 122 valence electrons. The molecule has 3 nitrogen and oxygen atoms in total. The lowest BCUT2D eigenvalue weighted by Crippen LogP contribution is -2.25. The maximum Gasteiger partial charge on any atom is 0.126 e. The molecule has 4 rings (SSSR count). The van der Waals surface area contributed by atoms with Gasteiger partial charge in [0.25, 0.3) is 0 Å². The number of hydrogen-bond acceptors (Lipinski definition) is 3. The number of fused-ring (bicyclic) bond motifs is 2. The lowest BCUT2D eigenvalue weighted by Gasteiger charge is -2.21. The number of hydrogen-bond donors (Lipinski definition) is 1. The summed E-state index contributed by atoms with van der Waals surface area (Å²) in [5.74, 6) is 1.90. The zero-order valence-electron chi connectivity index (χ0n) is 14.0. The van der Waals surface area contributed by atoms with Crippen molar-refractivity contribution in [3.63, 3.8) is 0 Å². The molecule has 2 unspecified atom stereocenters. The molecule has 24 heavy (non-hydrogen) atoms. The summed E-state index contributed by atoms with van der Waals surface area (Å²) in [6.07, 6.45) is 0. The van der Waals surface area contributed by atoms with E-state index in [0.29, 0.717) is 6.61 Å². The third-order valence-corrected chi connectivity index (χ3v) is 4.76.